The van der Waals surface area contributed by atoms with Gasteiger partial charge in [0.05, 0.1) is 6.54 Å². The fourth-order valence-corrected chi connectivity index (χ4v) is 1.65. The number of carbonyl (C=O) groups is 2. The first-order valence-corrected chi connectivity index (χ1v) is 6.73. The van der Waals surface area contributed by atoms with Gasteiger partial charge in [0, 0.05) is 38.2 Å². The second kappa shape index (κ2) is 8.08. The lowest BCUT2D eigenvalue weighted by Crippen LogP contribution is -2.30. The van der Waals surface area contributed by atoms with Gasteiger partial charge in [0.25, 0.3) is 5.91 Å². The minimum atomic E-state index is -0.211. The lowest BCUT2D eigenvalue weighted by Gasteiger charge is -2.11. The summed E-state index contributed by atoms with van der Waals surface area (Å²) in [5, 5.41) is 2.73. The standard InChI is InChI=1S/C16H21N3O2/c1-12-6-7-14(11-13(12)5-4-9-17)16(21)18-10-8-15(20)19(2)3/h6-7,11H,8-10,17H2,1-3H3,(H,18,21). The molecule has 21 heavy (non-hydrogen) atoms. The van der Waals surface area contributed by atoms with Crippen molar-refractivity contribution in [1.29, 1.82) is 0 Å². The van der Waals surface area contributed by atoms with E-state index in [-0.39, 0.29) is 24.8 Å². The largest absolute Gasteiger partial charge is 0.352 e. The lowest BCUT2D eigenvalue weighted by atomic mass is 10.0. The van der Waals surface area contributed by atoms with Crippen molar-refractivity contribution in [3.8, 4) is 11.8 Å². The third kappa shape index (κ3) is 5.28. The van der Waals surface area contributed by atoms with Crippen LogP contribution in [0.1, 0.15) is 27.9 Å². The van der Waals surface area contributed by atoms with Crippen LogP contribution in [0, 0.1) is 18.8 Å². The van der Waals surface area contributed by atoms with Gasteiger partial charge in [-0.05, 0) is 24.6 Å². The molecule has 0 unspecified atom stereocenters. The van der Waals surface area contributed by atoms with Gasteiger partial charge in [-0.1, -0.05) is 17.9 Å². The molecule has 0 heterocycles. The molecule has 0 radical (unpaired) electrons. The third-order valence-corrected chi connectivity index (χ3v) is 2.95. The van der Waals surface area contributed by atoms with E-state index in [1.807, 2.05) is 13.0 Å². The normalized spacial score (nSPS) is 9.52. The van der Waals surface area contributed by atoms with Gasteiger partial charge in [0.1, 0.15) is 0 Å². The second-order valence-corrected chi connectivity index (χ2v) is 4.83. The van der Waals surface area contributed by atoms with Crippen molar-refractivity contribution in [1.82, 2.24) is 10.2 Å². The van der Waals surface area contributed by atoms with E-state index < -0.39 is 0 Å². The molecule has 5 nitrogen and oxygen atoms in total. The van der Waals surface area contributed by atoms with E-state index in [1.165, 1.54) is 4.90 Å². The highest BCUT2D eigenvalue weighted by Gasteiger charge is 2.09. The zero-order chi connectivity index (χ0) is 15.8. The van der Waals surface area contributed by atoms with Crippen molar-refractivity contribution < 1.29 is 9.59 Å². The number of amides is 2. The summed E-state index contributed by atoms with van der Waals surface area (Å²) >= 11 is 0. The Kier molecular flexibility index (Phi) is 6.44. The first kappa shape index (κ1) is 16.7. The Balaban J connectivity index is 2.68. The molecule has 2 amide bonds. The number of hydrogen-bond donors (Lipinski definition) is 2. The number of nitrogens with zero attached hydrogens (tertiary/aromatic N) is 1. The molecule has 0 aromatic heterocycles. The predicted molar refractivity (Wildman–Crippen MR) is 82.8 cm³/mol. The van der Waals surface area contributed by atoms with Crippen LogP contribution in [0.2, 0.25) is 0 Å². The fourth-order valence-electron chi connectivity index (χ4n) is 1.65. The Morgan fingerprint density at radius 1 is 1.33 bits per heavy atom. The van der Waals surface area contributed by atoms with Crippen molar-refractivity contribution in [2.24, 2.45) is 5.73 Å². The van der Waals surface area contributed by atoms with Gasteiger partial charge in [0.15, 0.2) is 0 Å². The summed E-state index contributed by atoms with van der Waals surface area (Å²) < 4.78 is 0. The van der Waals surface area contributed by atoms with Crippen LogP contribution in [-0.2, 0) is 4.79 Å². The van der Waals surface area contributed by atoms with Crippen molar-refractivity contribution in [3.63, 3.8) is 0 Å². The molecule has 0 fully saturated rings. The smallest absolute Gasteiger partial charge is 0.251 e. The Morgan fingerprint density at radius 2 is 2.05 bits per heavy atom. The van der Waals surface area contributed by atoms with Crippen LogP contribution in [-0.4, -0.2) is 43.9 Å². The van der Waals surface area contributed by atoms with E-state index in [0.29, 0.717) is 12.1 Å². The molecule has 5 heteroatoms. The van der Waals surface area contributed by atoms with Crippen LogP contribution in [0.4, 0.5) is 0 Å². The van der Waals surface area contributed by atoms with E-state index in [2.05, 4.69) is 17.2 Å². The highest BCUT2D eigenvalue weighted by molar-refractivity contribution is 5.94. The minimum Gasteiger partial charge on any atom is -0.352 e. The van der Waals surface area contributed by atoms with Crippen molar-refractivity contribution in [3.05, 3.63) is 34.9 Å². The lowest BCUT2D eigenvalue weighted by molar-refractivity contribution is -0.128. The van der Waals surface area contributed by atoms with E-state index in [4.69, 9.17) is 5.73 Å². The third-order valence-electron chi connectivity index (χ3n) is 2.95. The second-order valence-electron chi connectivity index (χ2n) is 4.83. The average molecular weight is 287 g/mol. The number of hydrogen-bond acceptors (Lipinski definition) is 3. The molecular formula is C16H21N3O2. The number of aryl methyl sites for hydroxylation is 1. The van der Waals surface area contributed by atoms with E-state index in [9.17, 15) is 9.59 Å². The maximum atomic E-state index is 12.0. The summed E-state index contributed by atoms with van der Waals surface area (Å²) in [4.78, 5) is 24.9. The molecule has 0 atom stereocenters. The summed E-state index contributed by atoms with van der Waals surface area (Å²) in [7, 11) is 3.37. The first-order chi connectivity index (χ1) is 9.95. The van der Waals surface area contributed by atoms with Crippen LogP contribution in [0.25, 0.3) is 0 Å². The number of nitrogens with one attached hydrogen (secondary N) is 1. The number of nitrogens with two attached hydrogens (primary N) is 1. The van der Waals surface area contributed by atoms with Gasteiger partial charge in [0.2, 0.25) is 5.91 Å². The van der Waals surface area contributed by atoms with E-state index in [0.717, 1.165) is 11.1 Å². The summed E-state index contributed by atoms with van der Waals surface area (Å²) in [6.45, 7) is 2.52. The predicted octanol–water partition coefficient (Wildman–Crippen LogP) is 0.513. The summed E-state index contributed by atoms with van der Waals surface area (Å²) in [6.07, 6.45) is 0.282. The number of rotatable bonds is 4. The van der Waals surface area contributed by atoms with Gasteiger partial charge in [-0.3, -0.25) is 9.59 Å². The number of carbonyl (C=O) groups excluding carboxylic acids is 2. The Labute approximate surface area is 125 Å². The van der Waals surface area contributed by atoms with Crippen LogP contribution < -0.4 is 11.1 Å². The quantitative estimate of drug-likeness (QED) is 0.792. The van der Waals surface area contributed by atoms with Crippen LogP contribution >= 0.6 is 0 Å². The highest BCUT2D eigenvalue weighted by Crippen LogP contribution is 2.10. The fraction of sp³-hybridized carbons (Fsp3) is 0.375. The zero-order valence-corrected chi connectivity index (χ0v) is 12.7. The molecule has 0 saturated carbocycles. The molecule has 0 bridgehead atoms. The van der Waals surface area contributed by atoms with Crippen molar-refractivity contribution in [2.75, 3.05) is 27.2 Å². The van der Waals surface area contributed by atoms with Crippen molar-refractivity contribution >= 4 is 11.8 Å². The summed E-state index contributed by atoms with van der Waals surface area (Å²) in [5.41, 5.74) is 7.67. The van der Waals surface area contributed by atoms with E-state index in [1.54, 1.807) is 26.2 Å². The Hall–Kier alpha value is -2.32. The maximum Gasteiger partial charge on any atom is 0.251 e. The van der Waals surface area contributed by atoms with Crippen LogP contribution in [0.15, 0.2) is 18.2 Å². The number of benzene rings is 1. The van der Waals surface area contributed by atoms with Crippen LogP contribution in [0.3, 0.4) is 0 Å². The minimum absolute atomic E-state index is 0.0197. The van der Waals surface area contributed by atoms with Gasteiger partial charge in [-0.2, -0.15) is 0 Å². The SMILES string of the molecule is Cc1ccc(C(=O)NCCC(=O)N(C)C)cc1C#CCN. The average Bonchev–Trinajstić information content (AvgIpc) is 2.45. The molecule has 0 aliphatic heterocycles. The van der Waals surface area contributed by atoms with E-state index >= 15 is 0 Å². The van der Waals surface area contributed by atoms with Gasteiger partial charge in [-0.15, -0.1) is 0 Å². The Bertz CT molecular complexity index is 583. The summed E-state index contributed by atoms with van der Waals surface area (Å²) in [5.74, 6) is 5.49. The molecule has 1 aromatic rings. The monoisotopic (exact) mass is 287 g/mol. The van der Waals surface area contributed by atoms with Crippen molar-refractivity contribution in [2.45, 2.75) is 13.3 Å². The molecule has 1 rings (SSSR count). The highest BCUT2D eigenvalue weighted by atomic mass is 16.2. The molecule has 3 N–H and O–H groups in total. The molecule has 112 valence electrons. The molecule has 1 aromatic carbocycles. The maximum absolute atomic E-state index is 12.0. The first-order valence-electron chi connectivity index (χ1n) is 6.73. The van der Waals surface area contributed by atoms with Gasteiger partial charge < -0.3 is 16.0 Å². The molecule has 0 aliphatic rings. The summed E-state index contributed by atoms with van der Waals surface area (Å²) in [6, 6.07) is 5.33. The molecule has 0 spiro atoms. The zero-order valence-electron chi connectivity index (χ0n) is 12.7. The van der Waals surface area contributed by atoms with Crippen LogP contribution in [0.5, 0.6) is 0 Å². The topological polar surface area (TPSA) is 75.4 Å². The molecule has 0 saturated heterocycles. The molecular weight excluding hydrogens is 266 g/mol. The van der Waals surface area contributed by atoms with Gasteiger partial charge in [-0.25, -0.2) is 0 Å². The Morgan fingerprint density at radius 3 is 2.67 bits per heavy atom. The van der Waals surface area contributed by atoms with Gasteiger partial charge >= 0.3 is 0 Å². The molecule has 0 aliphatic carbocycles.